The van der Waals surface area contributed by atoms with Gasteiger partial charge in [0.15, 0.2) is 6.10 Å². The second kappa shape index (κ2) is 6.32. The molecule has 0 heterocycles. The SMILES string of the molecule is NS(=O)(=O)c1cccc(NC(=O)NCC(O)C(=O)O)c1. The number of rotatable bonds is 5. The molecule has 0 fully saturated rings. The largest absolute Gasteiger partial charge is 0.479 e. The van der Waals surface area contributed by atoms with E-state index in [1.165, 1.54) is 18.2 Å². The number of aliphatic hydroxyl groups excluding tert-OH is 1. The Balaban J connectivity index is 2.65. The van der Waals surface area contributed by atoms with E-state index in [0.717, 1.165) is 6.07 Å². The van der Waals surface area contributed by atoms with Crippen molar-refractivity contribution in [3.05, 3.63) is 24.3 Å². The van der Waals surface area contributed by atoms with Gasteiger partial charge in [-0.2, -0.15) is 0 Å². The lowest BCUT2D eigenvalue weighted by Crippen LogP contribution is -2.38. The second-order valence-electron chi connectivity index (χ2n) is 3.76. The van der Waals surface area contributed by atoms with Gasteiger partial charge in [-0.15, -0.1) is 0 Å². The monoisotopic (exact) mass is 303 g/mol. The number of primary sulfonamides is 1. The van der Waals surface area contributed by atoms with Crippen LogP contribution in [0.25, 0.3) is 0 Å². The highest BCUT2D eigenvalue weighted by atomic mass is 32.2. The van der Waals surface area contributed by atoms with Crippen molar-refractivity contribution in [2.24, 2.45) is 5.14 Å². The molecular formula is C10H13N3O6S. The van der Waals surface area contributed by atoms with Gasteiger partial charge >= 0.3 is 12.0 Å². The summed E-state index contributed by atoms with van der Waals surface area (Å²) in [6.07, 6.45) is -1.73. The van der Waals surface area contributed by atoms with Gasteiger partial charge in [0.1, 0.15) is 0 Å². The van der Waals surface area contributed by atoms with Crippen molar-refractivity contribution in [3.63, 3.8) is 0 Å². The molecule has 0 radical (unpaired) electrons. The molecule has 10 heteroatoms. The summed E-state index contributed by atoms with van der Waals surface area (Å²) in [4.78, 5) is 21.5. The van der Waals surface area contributed by atoms with Crippen LogP contribution < -0.4 is 15.8 Å². The molecule has 0 spiro atoms. The van der Waals surface area contributed by atoms with Gasteiger partial charge in [-0.3, -0.25) is 0 Å². The number of carboxylic acid groups (broad SMARTS) is 1. The fourth-order valence-electron chi connectivity index (χ4n) is 1.20. The van der Waals surface area contributed by atoms with Gasteiger partial charge in [-0.05, 0) is 18.2 Å². The van der Waals surface area contributed by atoms with Crippen LogP contribution in [0.4, 0.5) is 10.5 Å². The van der Waals surface area contributed by atoms with E-state index in [1.807, 2.05) is 0 Å². The fourth-order valence-corrected chi connectivity index (χ4v) is 1.76. The molecule has 110 valence electrons. The molecular weight excluding hydrogens is 290 g/mol. The van der Waals surface area contributed by atoms with Crippen LogP contribution in [0.15, 0.2) is 29.2 Å². The molecule has 1 aromatic rings. The number of nitrogens with one attached hydrogen (secondary N) is 2. The molecule has 0 saturated carbocycles. The maximum Gasteiger partial charge on any atom is 0.334 e. The van der Waals surface area contributed by atoms with E-state index >= 15 is 0 Å². The third kappa shape index (κ3) is 4.84. The van der Waals surface area contributed by atoms with Crippen molar-refractivity contribution in [2.45, 2.75) is 11.0 Å². The van der Waals surface area contributed by atoms with E-state index in [1.54, 1.807) is 0 Å². The van der Waals surface area contributed by atoms with Crippen molar-refractivity contribution in [1.82, 2.24) is 5.32 Å². The van der Waals surface area contributed by atoms with E-state index in [4.69, 9.17) is 15.4 Å². The minimum absolute atomic E-state index is 0.152. The molecule has 1 aromatic carbocycles. The maximum atomic E-state index is 11.4. The molecule has 1 rings (SSSR count). The number of carboxylic acids is 1. The number of benzene rings is 1. The second-order valence-corrected chi connectivity index (χ2v) is 5.32. The highest BCUT2D eigenvalue weighted by molar-refractivity contribution is 7.89. The summed E-state index contributed by atoms with van der Waals surface area (Å²) in [5.74, 6) is -1.47. The topological polar surface area (TPSA) is 159 Å². The van der Waals surface area contributed by atoms with Crippen LogP contribution in [0.3, 0.4) is 0 Å². The lowest BCUT2D eigenvalue weighted by Gasteiger charge is -2.10. The number of sulfonamides is 1. The standard InChI is InChI=1S/C10H13N3O6S/c11-20(18,19)7-3-1-2-6(4-7)13-10(17)12-5-8(14)9(15)16/h1-4,8,14H,5H2,(H,15,16)(H2,11,18,19)(H2,12,13,17). The summed E-state index contributed by atoms with van der Waals surface area (Å²) in [7, 11) is -3.89. The zero-order chi connectivity index (χ0) is 15.3. The molecule has 6 N–H and O–H groups in total. The van der Waals surface area contributed by atoms with Crippen LogP contribution in [0.5, 0.6) is 0 Å². The summed E-state index contributed by atoms with van der Waals surface area (Å²) < 4.78 is 22.2. The molecule has 20 heavy (non-hydrogen) atoms. The normalized spacial score (nSPS) is 12.5. The quantitative estimate of drug-likeness (QED) is 0.464. The summed E-state index contributed by atoms with van der Waals surface area (Å²) in [5.41, 5.74) is 0.152. The number of amides is 2. The molecule has 0 aliphatic heterocycles. The van der Waals surface area contributed by atoms with E-state index in [-0.39, 0.29) is 10.6 Å². The minimum atomic E-state index is -3.89. The van der Waals surface area contributed by atoms with Gasteiger partial charge in [-0.1, -0.05) is 6.07 Å². The summed E-state index contributed by atoms with van der Waals surface area (Å²) in [6, 6.07) is 4.40. The Morgan fingerprint density at radius 2 is 2.00 bits per heavy atom. The van der Waals surface area contributed by atoms with Gasteiger partial charge in [0, 0.05) is 5.69 Å². The van der Waals surface area contributed by atoms with Crippen LogP contribution in [0, 0.1) is 0 Å². The minimum Gasteiger partial charge on any atom is -0.479 e. The van der Waals surface area contributed by atoms with Gasteiger partial charge in [-0.25, -0.2) is 23.1 Å². The first-order chi connectivity index (χ1) is 9.20. The Morgan fingerprint density at radius 3 is 2.55 bits per heavy atom. The van der Waals surface area contributed by atoms with Crippen LogP contribution in [0.1, 0.15) is 0 Å². The molecule has 9 nitrogen and oxygen atoms in total. The fraction of sp³-hybridized carbons (Fsp3) is 0.200. The molecule has 0 aliphatic rings. The number of carbonyl (C=O) groups is 2. The maximum absolute atomic E-state index is 11.4. The van der Waals surface area contributed by atoms with Crippen molar-refractivity contribution >= 4 is 27.7 Å². The highest BCUT2D eigenvalue weighted by Crippen LogP contribution is 2.13. The van der Waals surface area contributed by atoms with Crippen LogP contribution >= 0.6 is 0 Å². The van der Waals surface area contributed by atoms with Gasteiger partial charge in [0.05, 0.1) is 11.4 Å². The predicted octanol–water partition coefficient (Wildman–Crippen LogP) is -1.10. The first-order valence-electron chi connectivity index (χ1n) is 5.29. The Morgan fingerprint density at radius 1 is 1.35 bits per heavy atom. The lowest BCUT2D eigenvalue weighted by molar-refractivity contribution is -0.146. The zero-order valence-electron chi connectivity index (χ0n) is 10.1. The van der Waals surface area contributed by atoms with Gasteiger partial charge < -0.3 is 20.8 Å². The summed E-state index contributed by atoms with van der Waals surface area (Å²) in [6.45, 7) is -0.490. The van der Waals surface area contributed by atoms with E-state index in [2.05, 4.69) is 10.6 Å². The van der Waals surface area contributed by atoms with Gasteiger partial charge in [0.2, 0.25) is 10.0 Å². The molecule has 1 unspecified atom stereocenters. The number of hydrogen-bond donors (Lipinski definition) is 5. The molecule has 0 bridgehead atoms. The van der Waals surface area contributed by atoms with Crippen molar-refractivity contribution < 1.29 is 28.2 Å². The lowest BCUT2D eigenvalue weighted by atomic mass is 10.3. The predicted molar refractivity (Wildman–Crippen MR) is 68.5 cm³/mol. The van der Waals surface area contributed by atoms with Crippen molar-refractivity contribution in [1.29, 1.82) is 0 Å². The highest BCUT2D eigenvalue weighted by Gasteiger charge is 2.14. The summed E-state index contributed by atoms with van der Waals surface area (Å²) >= 11 is 0. The number of aliphatic hydroxyl groups is 1. The molecule has 0 saturated heterocycles. The zero-order valence-corrected chi connectivity index (χ0v) is 10.9. The molecule has 0 aliphatic carbocycles. The van der Waals surface area contributed by atoms with E-state index < -0.39 is 34.7 Å². The molecule has 0 aromatic heterocycles. The smallest absolute Gasteiger partial charge is 0.334 e. The first-order valence-corrected chi connectivity index (χ1v) is 6.83. The Hall–Kier alpha value is -2.17. The number of aliphatic carboxylic acids is 1. The van der Waals surface area contributed by atoms with Crippen LogP contribution in [-0.2, 0) is 14.8 Å². The average molecular weight is 303 g/mol. The Kier molecular flexibility index (Phi) is 5.02. The average Bonchev–Trinajstić information content (AvgIpc) is 2.35. The van der Waals surface area contributed by atoms with Crippen molar-refractivity contribution in [2.75, 3.05) is 11.9 Å². The molecule has 1 atom stereocenters. The third-order valence-electron chi connectivity index (χ3n) is 2.16. The Labute approximate surface area is 114 Å². The van der Waals surface area contributed by atoms with Crippen LogP contribution in [-0.4, -0.2) is 43.3 Å². The van der Waals surface area contributed by atoms with Crippen molar-refractivity contribution in [3.8, 4) is 0 Å². The number of nitrogens with two attached hydrogens (primary N) is 1. The Bertz CT molecular complexity index is 615. The number of anilines is 1. The first kappa shape index (κ1) is 15.9. The van der Waals surface area contributed by atoms with E-state index in [9.17, 15) is 18.0 Å². The number of carbonyl (C=O) groups excluding carboxylic acids is 1. The number of hydrogen-bond acceptors (Lipinski definition) is 5. The van der Waals surface area contributed by atoms with E-state index in [0.29, 0.717) is 0 Å². The summed E-state index contributed by atoms with van der Waals surface area (Å²) in [5, 5.41) is 26.7. The van der Waals surface area contributed by atoms with Crippen LogP contribution in [0.2, 0.25) is 0 Å². The van der Waals surface area contributed by atoms with Gasteiger partial charge in [0.25, 0.3) is 0 Å². The third-order valence-corrected chi connectivity index (χ3v) is 3.07. The molecule has 2 amide bonds. The number of urea groups is 1.